The van der Waals surface area contributed by atoms with Gasteiger partial charge >= 0.3 is 0 Å². The van der Waals surface area contributed by atoms with Gasteiger partial charge in [-0.15, -0.1) is 6.58 Å². The monoisotopic (exact) mass is 205 g/mol. The average molecular weight is 205 g/mol. The lowest BCUT2D eigenvalue weighted by Crippen LogP contribution is -2.25. The van der Waals surface area contributed by atoms with E-state index in [0.717, 1.165) is 12.0 Å². The van der Waals surface area contributed by atoms with E-state index < -0.39 is 0 Å². The number of carbonyl (C=O) groups is 1. The molecule has 80 valence electrons. The molecule has 0 aliphatic rings. The van der Waals surface area contributed by atoms with Gasteiger partial charge in [0, 0.05) is 6.54 Å². The Labute approximate surface area is 89.4 Å². The lowest BCUT2D eigenvalue weighted by atomic mass is 10.1. The van der Waals surface area contributed by atoms with Gasteiger partial charge < -0.3 is 10.4 Å². The first-order valence-corrected chi connectivity index (χ1v) is 4.88. The van der Waals surface area contributed by atoms with E-state index in [1.807, 2.05) is 6.07 Å². The van der Waals surface area contributed by atoms with Gasteiger partial charge in [0.05, 0.1) is 6.42 Å². The van der Waals surface area contributed by atoms with Crippen molar-refractivity contribution in [1.29, 1.82) is 0 Å². The Morgan fingerprint density at radius 2 is 2.33 bits per heavy atom. The van der Waals surface area contributed by atoms with Gasteiger partial charge in [-0.05, 0) is 24.1 Å². The van der Waals surface area contributed by atoms with Crippen molar-refractivity contribution in [3.8, 4) is 5.75 Å². The number of amides is 1. The van der Waals surface area contributed by atoms with Crippen LogP contribution >= 0.6 is 0 Å². The van der Waals surface area contributed by atoms with Crippen LogP contribution in [0, 0.1) is 0 Å². The third-order valence-corrected chi connectivity index (χ3v) is 1.95. The molecule has 2 N–H and O–H groups in total. The molecule has 0 saturated heterocycles. The Bertz CT molecular complexity index is 347. The molecule has 0 saturated carbocycles. The van der Waals surface area contributed by atoms with Gasteiger partial charge in [0.1, 0.15) is 5.75 Å². The van der Waals surface area contributed by atoms with E-state index in [1.165, 1.54) is 0 Å². The first-order valence-electron chi connectivity index (χ1n) is 4.88. The Morgan fingerprint density at radius 3 is 3.00 bits per heavy atom. The van der Waals surface area contributed by atoms with E-state index in [4.69, 9.17) is 0 Å². The quantitative estimate of drug-likeness (QED) is 0.567. The van der Waals surface area contributed by atoms with E-state index in [-0.39, 0.29) is 11.7 Å². The van der Waals surface area contributed by atoms with Crippen LogP contribution < -0.4 is 5.32 Å². The molecule has 0 aromatic heterocycles. The van der Waals surface area contributed by atoms with Crippen LogP contribution in [0.15, 0.2) is 36.9 Å². The summed E-state index contributed by atoms with van der Waals surface area (Å²) in [5, 5.41) is 12.0. The van der Waals surface area contributed by atoms with Gasteiger partial charge in [0.15, 0.2) is 0 Å². The van der Waals surface area contributed by atoms with Crippen molar-refractivity contribution in [2.24, 2.45) is 0 Å². The van der Waals surface area contributed by atoms with Gasteiger partial charge in [-0.3, -0.25) is 4.79 Å². The highest BCUT2D eigenvalue weighted by Gasteiger charge is 2.02. The van der Waals surface area contributed by atoms with Crippen molar-refractivity contribution in [1.82, 2.24) is 5.32 Å². The zero-order valence-corrected chi connectivity index (χ0v) is 8.57. The summed E-state index contributed by atoms with van der Waals surface area (Å²) in [5.74, 6) is 0.147. The highest BCUT2D eigenvalue weighted by molar-refractivity contribution is 5.78. The molecule has 0 unspecified atom stereocenters. The van der Waals surface area contributed by atoms with E-state index in [1.54, 1.807) is 24.3 Å². The van der Waals surface area contributed by atoms with Crippen LogP contribution in [-0.4, -0.2) is 17.6 Å². The van der Waals surface area contributed by atoms with Gasteiger partial charge in [-0.1, -0.05) is 18.2 Å². The molecule has 3 heteroatoms. The Morgan fingerprint density at radius 1 is 1.53 bits per heavy atom. The first-order chi connectivity index (χ1) is 7.22. The smallest absolute Gasteiger partial charge is 0.224 e. The minimum Gasteiger partial charge on any atom is -0.508 e. The molecule has 3 nitrogen and oxygen atoms in total. The molecule has 1 rings (SSSR count). The molecule has 15 heavy (non-hydrogen) atoms. The second-order valence-corrected chi connectivity index (χ2v) is 3.27. The van der Waals surface area contributed by atoms with Gasteiger partial charge in [-0.2, -0.15) is 0 Å². The topological polar surface area (TPSA) is 49.3 Å². The number of carbonyl (C=O) groups excluding carboxylic acids is 1. The lowest BCUT2D eigenvalue weighted by molar-refractivity contribution is -0.120. The fraction of sp³-hybridized carbons (Fsp3) is 0.250. The minimum absolute atomic E-state index is 0.0394. The standard InChI is InChI=1S/C12H15NO2/c1-2-3-7-13-12(15)9-10-5-4-6-11(14)8-10/h2,4-6,8,14H,1,3,7,9H2,(H,13,15). The predicted molar refractivity (Wildman–Crippen MR) is 59.6 cm³/mol. The van der Waals surface area contributed by atoms with Crippen molar-refractivity contribution in [2.75, 3.05) is 6.54 Å². The van der Waals surface area contributed by atoms with Crippen molar-refractivity contribution in [3.63, 3.8) is 0 Å². The summed E-state index contributed by atoms with van der Waals surface area (Å²) < 4.78 is 0. The summed E-state index contributed by atoms with van der Waals surface area (Å²) in [7, 11) is 0. The van der Waals surface area contributed by atoms with Gasteiger partial charge in [0.25, 0.3) is 0 Å². The molecule has 0 heterocycles. The molecule has 0 bridgehead atoms. The van der Waals surface area contributed by atoms with Gasteiger partial charge in [0.2, 0.25) is 5.91 Å². The molecule has 0 aliphatic carbocycles. The summed E-state index contributed by atoms with van der Waals surface area (Å²) in [5.41, 5.74) is 0.811. The Hall–Kier alpha value is -1.77. The van der Waals surface area contributed by atoms with Crippen LogP contribution in [-0.2, 0) is 11.2 Å². The lowest BCUT2D eigenvalue weighted by Gasteiger charge is -2.03. The maximum Gasteiger partial charge on any atom is 0.224 e. The highest BCUT2D eigenvalue weighted by atomic mass is 16.3. The number of hydrogen-bond donors (Lipinski definition) is 2. The maximum atomic E-state index is 11.4. The third kappa shape index (κ3) is 4.31. The summed E-state index contributed by atoms with van der Waals surface area (Å²) in [6.45, 7) is 4.18. The van der Waals surface area contributed by atoms with Crippen molar-refractivity contribution in [3.05, 3.63) is 42.5 Å². The highest BCUT2D eigenvalue weighted by Crippen LogP contribution is 2.10. The molecule has 1 amide bonds. The number of aromatic hydroxyl groups is 1. The fourth-order valence-corrected chi connectivity index (χ4v) is 1.23. The zero-order chi connectivity index (χ0) is 11.1. The van der Waals surface area contributed by atoms with Crippen LogP contribution in [0.1, 0.15) is 12.0 Å². The number of hydrogen-bond acceptors (Lipinski definition) is 2. The second kappa shape index (κ2) is 5.86. The molecular formula is C12H15NO2. The SMILES string of the molecule is C=CCCNC(=O)Cc1cccc(O)c1. The van der Waals surface area contributed by atoms with Crippen molar-refractivity contribution in [2.45, 2.75) is 12.8 Å². The molecule has 0 spiro atoms. The molecule has 0 atom stereocenters. The molecule has 1 aromatic rings. The molecule has 0 radical (unpaired) electrons. The summed E-state index contributed by atoms with van der Waals surface area (Å²) >= 11 is 0. The number of nitrogens with one attached hydrogen (secondary N) is 1. The Kier molecular flexibility index (Phi) is 4.41. The van der Waals surface area contributed by atoms with E-state index in [9.17, 15) is 9.90 Å². The number of phenolic OH excluding ortho intramolecular Hbond substituents is 1. The molecule has 1 aromatic carbocycles. The zero-order valence-electron chi connectivity index (χ0n) is 8.57. The molecular weight excluding hydrogens is 190 g/mol. The van der Waals surface area contributed by atoms with Crippen LogP contribution in [0.2, 0.25) is 0 Å². The normalized spacial score (nSPS) is 9.60. The molecule has 0 aliphatic heterocycles. The van der Waals surface area contributed by atoms with Crippen LogP contribution in [0.25, 0.3) is 0 Å². The van der Waals surface area contributed by atoms with Crippen LogP contribution in [0.4, 0.5) is 0 Å². The number of benzene rings is 1. The Balaban J connectivity index is 2.40. The van der Waals surface area contributed by atoms with E-state index in [2.05, 4.69) is 11.9 Å². The number of phenols is 1. The number of rotatable bonds is 5. The van der Waals surface area contributed by atoms with Crippen molar-refractivity contribution < 1.29 is 9.90 Å². The summed E-state index contributed by atoms with van der Waals surface area (Å²) in [4.78, 5) is 11.4. The van der Waals surface area contributed by atoms with Crippen molar-refractivity contribution >= 4 is 5.91 Å². The fourth-order valence-electron chi connectivity index (χ4n) is 1.23. The summed E-state index contributed by atoms with van der Waals surface area (Å²) in [6, 6.07) is 6.71. The predicted octanol–water partition coefficient (Wildman–Crippen LogP) is 1.63. The minimum atomic E-state index is -0.0394. The second-order valence-electron chi connectivity index (χ2n) is 3.27. The van der Waals surface area contributed by atoms with Crippen LogP contribution in [0.5, 0.6) is 5.75 Å². The maximum absolute atomic E-state index is 11.4. The summed E-state index contributed by atoms with van der Waals surface area (Å²) in [6.07, 6.45) is 2.83. The molecule has 0 fully saturated rings. The van der Waals surface area contributed by atoms with Gasteiger partial charge in [-0.25, -0.2) is 0 Å². The average Bonchev–Trinajstić information content (AvgIpc) is 2.18. The largest absolute Gasteiger partial charge is 0.508 e. The third-order valence-electron chi connectivity index (χ3n) is 1.95. The van der Waals surface area contributed by atoms with E-state index in [0.29, 0.717) is 13.0 Å². The first kappa shape index (κ1) is 11.3. The van der Waals surface area contributed by atoms with E-state index >= 15 is 0 Å². The van der Waals surface area contributed by atoms with Crippen LogP contribution in [0.3, 0.4) is 0 Å².